The molecule has 0 aromatic carbocycles. The Hall–Kier alpha value is -0.770. The van der Waals surface area contributed by atoms with Crippen molar-refractivity contribution in [2.24, 2.45) is 10.9 Å². The van der Waals surface area contributed by atoms with E-state index in [-0.39, 0.29) is 0 Å². The first-order valence-corrected chi connectivity index (χ1v) is 4.82. The second-order valence-corrected chi connectivity index (χ2v) is 3.42. The Morgan fingerprint density at radius 3 is 2.75 bits per heavy atom. The van der Waals surface area contributed by atoms with E-state index >= 15 is 0 Å². The summed E-state index contributed by atoms with van der Waals surface area (Å²) in [6, 6.07) is 0. The summed E-state index contributed by atoms with van der Waals surface area (Å²) in [5, 5.41) is 0. The van der Waals surface area contributed by atoms with E-state index in [1.807, 2.05) is 0 Å². The zero-order valence-corrected chi connectivity index (χ0v) is 7.84. The summed E-state index contributed by atoms with van der Waals surface area (Å²) in [4.78, 5) is 3.82. The highest BCUT2D eigenvalue weighted by atomic mass is 14.6. The molecule has 0 saturated heterocycles. The molecule has 1 heteroatoms. The maximum absolute atomic E-state index is 3.82. The fraction of sp³-hybridized carbons (Fsp3) is 0.727. The molecular formula is C11H17N. The lowest BCUT2D eigenvalue weighted by Crippen LogP contribution is -2.04. The molecule has 0 N–H and O–H groups in total. The van der Waals surface area contributed by atoms with Crippen LogP contribution >= 0.6 is 0 Å². The van der Waals surface area contributed by atoms with Gasteiger partial charge in [0.2, 0.25) is 0 Å². The maximum atomic E-state index is 3.82. The molecule has 0 bridgehead atoms. The molecule has 0 aromatic heterocycles. The fourth-order valence-electron chi connectivity index (χ4n) is 1.70. The Bertz CT molecular complexity index is 189. The van der Waals surface area contributed by atoms with Gasteiger partial charge in [0, 0.05) is 13.5 Å². The van der Waals surface area contributed by atoms with Gasteiger partial charge in [0.05, 0.1) is 6.21 Å². The molecule has 1 aliphatic rings. The normalized spacial score (nSPS) is 19.1. The quantitative estimate of drug-likeness (QED) is 0.416. The van der Waals surface area contributed by atoms with Crippen molar-refractivity contribution in [3.05, 3.63) is 0 Å². The van der Waals surface area contributed by atoms with Crippen LogP contribution in [0.5, 0.6) is 0 Å². The third kappa shape index (κ3) is 3.57. The predicted molar refractivity (Wildman–Crippen MR) is 53.4 cm³/mol. The molecule has 1 aliphatic carbocycles. The fourth-order valence-corrected chi connectivity index (χ4v) is 1.70. The van der Waals surface area contributed by atoms with Crippen molar-refractivity contribution in [1.82, 2.24) is 0 Å². The summed E-state index contributed by atoms with van der Waals surface area (Å²) in [5.41, 5.74) is 0. The Morgan fingerprint density at radius 1 is 1.33 bits per heavy atom. The summed E-state index contributed by atoms with van der Waals surface area (Å²) in [5.74, 6) is 6.97. The molecule has 1 nitrogen and oxygen atoms in total. The van der Waals surface area contributed by atoms with E-state index in [0.29, 0.717) is 0 Å². The SMILES string of the molecule is C/N=C/C#CCC1CCCCC1. The molecule has 0 aliphatic heterocycles. The number of aliphatic imine (C=N–C) groups is 1. The van der Waals surface area contributed by atoms with E-state index in [4.69, 9.17) is 0 Å². The summed E-state index contributed by atoms with van der Waals surface area (Å²) < 4.78 is 0. The van der Waals surface area contributed by atoms with Crippen molar-refractivity contribution in [2.75, 3.05) is 7.05 Å². The Kier molecular flexibility index (Phi) is 4.52. The van der Waals surface area contributed by atoms with E-state index in [2.05, 4.69) is 16.8 Å². The number of rotatable bonds is 1. The van der Waals surface area contributed by atoms with Crippen molar-refractivity contribution in [2.45, 2.75) is 38.5 Å². The highest BCUT2D eigenvalue weighted by Gasteiger charge is 2.11. The van der Waals surface area contributed by atoms with Crippen LogP contribution in [-0.4, -0.2) is 13.3 Å². The molecule has 0 amide bonds. The lowest BCUT2D eigenvalue weighted by molar-refractivity contribution is 0.365. The Labute approximate surface area is 75.3 Å². The molecule has 0 aromatic rings. The molecule has 1 fully saturated rings. The standard InChI is InChI=1S/C11H17N/c1-12-10-6-5-9-11-7-3-2-4-8-11/h10-11H,2-4,7-9H2,1H3/b12-10+. The predicted octanol–water partition coefficient (Wildman–Crippen LogP) is 2.66. The molecular weight excluding hydrogens is 146 g/mol. The van der Waals surface area contributed by atoms with E-state index in [1.54, 1.807) is 13.3 Å². The minimum Gasteiger partial charge on any atom is -0.288 e. The third-order valence-electron chi connectivity index (χ3n) is 2.41. The monoisotopic (exact) mass is 163 g/mol. The maximum Gasteiger partial charge on any atom is 0.0707 e. The van der Waals surface area contributed by atoms with Gasteiger partial charge in [0.25, 0.3) is 0 Å². The van der Waals surface area contributed by atoms with Crippen molar-refractivity contribution < 1.29 is 0 Å². The molecule has 0 atom stereocenters. The summed E-state index contributed by atoms with van der Waals surface area (Å²) in [6.45, 7) is 0. The zero-order valence-electron chi connectivity index (χ0n) is 7.84. The lowest BCUT2D eigenvalue weighted by atomic mass is 9.87. The molecule has 0 radical (unpaired) electrons. The van der Waals surface area contributed by atoms with E-state index in [9.17, 15) is 0 Å². The van der Waals surface area contributed by atoms with E-state index < -0.39 is 0 Å². The topological polar surface area (TPSA) is 12.4 Å². The second kappa shape index (κ2) is 5.83. The van der Waals surface area contributed by atoms with Crippen LogP contribution in [0.1, 0.15) is 38.5 Å². The first kappa shape index (κ1) is 9.32. The van der Waals surface area contributed by atoms with Gasteiger partial charge >= 0.3 is 0 Å². The zero-order chi connectivity index (χ0) is 8.65. The first-order valence-electron chi connectivity index (χ1n) is 4.82. The molecule has 0 heterocycles. The van der Waals surface area contributed by atoms with E-state index in [1.165, 1.54) is 32.1 Å². The smallest absolute Gasteiger partial charge is 0.0707 e. The summed E-state index contributed by atoms with van der Waals surface area (Å²) >= 11 is 0. The number of hydrogen-bond acceptors (Lipinski definition) is 1. The minimum atomic E-state index is 0.872. The van der Waals surface area contributed by atoms with Gasteiger partial charge in [0.1, 0.15) is 0 Å². The van der Waals surface area contributed by atoms with Crippen molar-refractivity contribution in [1.29, 1.82) is 0 Å². The molecule has 12 heavy (non-hydrogen) atoms. The van der Waals surface area contributed by atoms with Gasteiger partial charge in [-0.3, -0.25) is 4.99 Å². The third-order valence-corrected chi connectivity index (χ3v) is 2.41. The van der Waals surface area contributed by atoms with Gasteiger partial charge < -0.3 is 0 Å². The van der Waals surface area contributed by atoms with Crippen molar-refractivity contribution in [3.8, 4) is 11.8 Å². The highest BCUT2D eigenvalue weighted by Crippen LogP contribution is 2.25. The molecule has 66 valence electrons. The first-order chi connectivity index (χ1) is 5.93. The average molecular weight is 163 g/mol. The van der Waals surface area contributed by atoms with Crippen LogP contribution in [0, 0.1) is 17.8 Å². The number of hydrogen-bond donors (Lipinski definition) is 0. The molecule has 1 rings (SSSR count). The van der Waals surface area contributed by atoms with Crippen LogP contribution in [-0.2, 0) is 0 Å². The minimum absolute atomic E-state index is 0.872. The van der Waals surface area contributed by atoms with Crippen LogP contribution in [0.25, 0.3) is 0 Å². The van der Waals surface area contributed by atoms with Gasteiger partial charge in [-0.05, 0) is 18.8 Å². The van der Waals surface area contributed by atoms with Gasteiger partial charge in [-0.15, -0.1) is 0 Å². The molecule has 0 spiro atoms. The van der Waals surface area contributed by atoms with Crippen LogP contribution in [0.3, 0.4) is 0 Å². The second-order valence-electron chi connectivity index (χ2n) is 3.42. The van der Waals surface area contributed by atoms with Crippen LogP contribution in [0.4, 0.5) is 0 Å². The Morgan fingerprint density at radius 2 is 2.08 bits per heavy atom. The summed E-state index contributed by atoms with van der Waals surface area (Å²) in [7, 11) is 1.76. The van der Waals surface area contributed by atoms with Gasteiger partial charge in [0.15, 0.2) is 0 Å². The van der Waals surface area contributed by atoms with Crippen LogP contribution in [0.15, 0.2) is 4.99 Å². The van der Waals surface area contributed by atoms with E-state index in [0.717, 1.165) is 12.3 Å². The van der Waals surface area contributed by atoms with Gasteiger partial charge in [-0.1, -0.05) is 31.1 Å². The molecule has 1 saturated carbocycles. The van der Waals surface area contributed by atoms with Gasteiger partial charge in [-0.25, -0.2) is 0 Å². The van der Waals surface area contributed by atoms with Crippen molar-refractivity contribution in [3.63, 3.8) is 0 Å². The van der Waals surface area contributed by atoms with Crippen LogP contribution < -0.4 is 0 Å². The van der Waals surface area contributed by atoms with Crippen molar-refractivity contribution >= 4 is 6.21 Å². The molecule has 0 unspecified atom stereocenters. The van der Waals surface area contributed by atoms with Crippen LogP contribution in [0.2, 0.25) is 0 Å². The largest absolute Gasteiger partial charge is 0.288 e. The van der Waals surface area contributed by atoms with Gasteiger partial charge in [-0.2, -0.15) is 0 Å². The summed E-state index contributed by atoms with van der Waals surface area (Å²) in [6.07, 6.45) is 9.79. The Balaban J connectivity index is 2.18. The number of nitrogens with zero attached hydrogens (tertiary/aromatic N) is 1. The average Bonchev–Trinajstić information content (AvgIpc) is 2.14. The highest BCUT2D eigenvalue weighted by molar-refractivity contribution is 5.77. The lowest BCUT2D eigenvalue weighted by Gasteiger charge is -2.18.